The zero-order valence-electron chi connectivity index (χ0n) is 15.7. The second kappa shape index (κ2) is 10.0. The molecule has 0 saturated heterocycles. The topological polar surface area (TPSA) is 98.0 Å². The number of methoxy groups -OCH3 is 2. The summed E-state index contributed by atoms with van der Waals surface area (Å²) in [4.78, 5) is 15.3. The lowest BCUT2D eigenvalue weighted by Crippen LogP contribution is -2.36. The third-order valence-electron chi connectivity index (χ3n) is 3.88. The number of hydrogen-bond acceptors (Lipinski definition) is 5. The largest absolute Gasteiger partial charge is 0.497 e. The van der Waals surface area contributed by atoms with E-state index in [4.69, 9.17) is 9.47 Å². The lowest BCUT2D eigenvalue weighted by atomic mass is 10.2. The van der Waals surface area contributed by atoms with Gasteiger partial charge in [-0.25, -0.2) is 4.99 Å². The molecule has 27 heavy (non-hydrogen) atoms. The quantitative estimate of drug-likeness (QED) is 0.320. The summed E-state index contributed by atoms with van der Waals surface area (Å²) in [6.07, 6.45) is 0. The molecule has 0 aliphatic heterocycles. The molecule has 2 aromatic carbocycles. The van der Waals surface area contributed by atoms with Crippen molar-refractivity contribution in [2.24, 2.45) is 4.99 Å². The van der Waals surface area contributed by atoms with Crippen molar-refractivity contribution in [1.29, 1.82) is 0 Å². The van der Waals surface area contributed by atoms with Crippen molar-refractivity contribution in [2.75, 3.05) is 20.8 Å². The van der Waals surface area contributed by atoms with Crippen molar-refractivity contribution in [1.82, 2.24) is 10.6 Å². The van der Waals surface area contributed by atoms with Crippen LogP contribution < -0.4 is 20.1 Å². The van der Waals surface area contributed by atoms with E-state index in [1.807, 2.05) is 19.1 Å². The summed E-state index contributed by atoms with van der Waals surface area (Å²) >= 11 is 0. The van der Waals surface area contributed by atoms with Crippen molar-refractivity contribution in [3.05, 3.63) is 63.7 Å². The fourth-order valence-electron chi connectivity index (χ4n) is 2.51. The number of rotatable bonds is 8. The third kappa shape index (κ3) is 5.60. The predicted molar refractivity (Wildman–Crippen MR) is 104 cm³/mol. The van der Waals surface area contributed by atoms with Gasteiger partial charge >= 0.3 is 0 Å². The number of guanidine groups is 1. The number of benzene rings is 2. The molecule has 0 bridgehead atoms. The Bertz CT molecular complexity index is 808. The third-order valence-corrected chi connectivity index (χ3v) is 3.88. The molecule has 0 spiro atoms. The Balaban J connectivity index is 2.12. The van der Waals surface area contributed by atoms with Gasteiger partial charge in [-0.3, -0.25) is 10.1 Å². The van der Waals surface area contributed by atoms with Crippen molar-refractivity contribution >= 4 is 11.6 Å². The van der Waals surface area contributed by atoms with Crippen LogP contribution in [0.3, 0.4) is 0 Å². The molecule has 0 amide bonds. The molecule has 0 atom stereocenters. The predicted octanol–water partition coefficient (Wildman–Crippen LogP) is 2.87. The van der Waals surface area contributed by atoms with E-state index in [2.05, 4.69) is 15.6 Å². The lowest BCUT2D eigenvalue weighted by molar-refractivity contribution is -0.385. The van der Waals surface area contributed by atoms with Gasteiger partial charge in [-0.1, -0.05) is 18.2 Å². The second-order valence-electron chi connectivity index (χ2n) is 5.61. The van der Waals surface area contributed by atoms with Gasteiger partial charge in [0.15, 0.2) is 5.96 Å². The van der Waals surface area contributed by atoms with Gasteiger partial charge in [-0.2, -0.15) is 0 Å². The maximum Gasteiger partial charge on any atom is 0.274 e. The van der Waals surface area contributed by atoms with Crippen molar-refractivity contribution < 1.29 is 14.4 Å². The van der Waals surface area contributed by atoms with Crippen LogP contribution in [0.5, 0.6) is 11.5 Å². The number of nitro benzene ring substituents is 1. The molecule has 2 rings (SSSR count). The minimum atomic E-state index is -0.386. The van der Waals surface area contributed by atoms with Crippen LogP contribution in [0.4, 0.5) is 5.69 Å². The molecule has 0 saturated carbocycles. The number of ether oxygens (including phenoxy) is 2. The Labute approximate surface area is 158 Å². The molecule has 2 N–H and O–H groups in total. The van der Waals surface area contributed by atoms with Gasteiger partial charge in [0.1, 0.15) is 11.5 Å². The molecule has 0 unspecified atom stereocenters. The van der Waals surface area contributed by atoms with Crippen LogP contribution in [0.15, 0.2) is 47.5 Å². The van der Waals surface area contributed by atoms with Crippen LogP contribution >= 0.6 is 0 Å². The number of nitro groups is 1. The summed E-state index contributed by atoms with van der Waals surface area (Å²) in [5.74, 6) is 1.96. The Morgan fingerprint density at radius 3 is 2.56 bits per heavy atom. The molecular formula is C19H24N4O4. The highest BCUT2D eigenvalue weighted by molar-refractivity contribution is 5.79. The molecule has 0 aliphatic carbocycles. The minimum Gasteiger partial charge on any atom is -0.497 e. The zero-order chi connectivity index (χ0) is 19.6. The average molecular weight is 372 g/mol. The van der Waals surface area contributed by atoms with Crippen molar-refractivity contribution in [3.63, 3.8) is 0 Å². The van der Waals surface area contributed by atoms with Gasteiger partial charge in [-0.05, 0) is 19.1 Å². The van der Waals surface area contributed by atoms with E-state index in [1.165, 1.54) is 6.07 Å². The van der Waals surface area contributed by atoms with Crippen LogP contribution in [-0.2, 0) is 13.1 Å². The van der Waals surface area contributed by atoms with Gasteiger partial charge < -0.3 is 20.1 Å². The van der Waals surface area contributed by atoms with Crippen LogP contribution in [-0.4, -0.2) is 31.6 Å². The first-order valence-electron chi connectivity index (χ1n) is 8.54. The number of para-hydroxylation sites is 1. The standard InChI is InChI=1S/C19H24N4O4/c1-4-20-19(21-12-14-7-5-6-8-17(14)23(24)25)22-13-15-9-10-16(26-2)11-18(15)27-3/h5-11H,4,12-13H2,1-3H3,(H2,20,21,22). The molecule has 8 heteroatoms. The van der Waals surface area contributed by atoms with Crippen LogP contribution in [0, 0.1) is 10.1 Å². The van der Waals surface area contributed by atoms with Gasteiger partial charge in [0.2, 0.25) is 0 Å². The lowest BCUT2D eigenvalue weighted by Gasteiger charge is -2.13. The molecule has 0 fully saturated rings. The number of aliphatic imine (C=N–C) groups is 1. The molecular weight excluding hydrogens is 348 g/mol. The van der Waals surface area contributed by atoms with Gasteiger partial charge in [0, 0.05) is 36.3 Å². The van der Waals surface area contributed by atoms with Gasteiger partial charge in [-0.15, -0.1) is 0 Å². The fourth-order valence-corrected chi connectivity index (χ4v) is 2.51. The molecule has 8 nitrogen and oxygen atoms in total. The summed E-state index contributed by atoms with van der Waals surface area (Å²) in [6.45, 7) is 3.31. The summed E-state index contributed by atoms with van der Waals surface area (Å²) in [5.41, 5.74) is 1.58. The van der Waals surface area contributed by atoms with E-state index in [0.29, 0.717) is 42.7 Å². The summed E-state index contributed by atoms with van der Waals surface area (Å²) in [7, 11) is 3.20. The van der Waals surface area contributed by atoms with E-state index < -0.39 is 0 Å². The highest BCUT2D eigenvalue weighted by atomic mass is 16.6. The normalized spacial score (nSPS) is 11.0. The molecule has 0 aromatic heterocycles. The second-order valence-corrected chi connectivity index (χ2v) is 5.61. The first kappa shape index (κ1) is 20.0. The highest BCUT2D eigenvalue weighted by Crippen LogP contribution is 2.25. The average Bonchev–Trinajstić information content (AvgIpc) is 2.70. The Hall–Kier alpha value is -3.29. The molecule has 0 radical (unpaired) electrons. The van der Waals surface area contributed by atoms with E-state index in [1.54, 1.807) is 38.5 Å². The van der Waals surface area contributed by atoms with Crippen molar-refractivity contribution in [2.45, 2.75) is 20.0 Å². The van der Waals surface area contributed by atoms with E-state index in [-0.39, 0.29) is 10.6 Å². The fraction of sp³-hybridized carbons (Fsp3) is 0.316. The first-order chi connectivity index (χ1) is 13.1. The summed E-state index contributed by atoms with van der Waals surface area (Å²) in [5, 5.41) is 17.4. The summed E-state index contributed by atoms with van der Waals surface area (Å²) in [6, 6.07) is 12.2. The SMILES string of the molecule is CCNC(=NCc1ccc(OC)cc1OC)NCc1ccccc1[N+](=O)[O-]. The van der Waals surface area contributed by atoms with E-state index in [0.717, 1.165) is 5.56 Å². The first-order valence-corrected chi connectivity index (χ1v) is 8.54. The van der Waals surface area contributed by atoms with E-state index in [9.17, 15) is 10.1 Å². The Morgan fingerprint density at radius 1 is 1.11 bits per heavy atom. The number of nitrogens with zero attached hydrogens (tertiary/aromatic N) is 2. The molecule has 2 aromatic rings. The van der Waals surface area contributed by atoms with Gasteiger partial charge in [0.25, 0.3) is 5.69 Å². The minimum absolute atomic E-state index is 0.0812. The molecule has 0 heterocycles. The maximum absolute atomic E-state index is 11.1. The maximum atomic E-state index is 11.1. The highest BCUT2D eigenvalue weighted by Gasteiger charge is 2.12. The smallest absolute Gasteiger partial charge is 0.274 e. The van der Waals surface area contributed by atoms with Crippen molar-refractivity contribution in [3.8, 4) is 11.5 Å². The number of hydrogen-bond donors (Lipinski definition) is 2. The van der Waals surface area contributed by atoms with E-state index >= 15 is 0 Å². The Kier molecular flexibility index (Phi) is 7.42. The van der Waals surface area contributed by atoms with Gasteiger partial charge in [0.05, 0.1) is 25.7 Å². The van der Waals surface area contributed by atoms with Crippen LogP contribution in [0.25, 0.3) is 0 Å². The van der Waals surface area contributed by atoms with Crippen LogP contribution in [0.1, 0.15) is 18.1 Å². The molecule has 0 aliphatic rings. The zero-order valence-corrected chi connectivity index (χ0v) is 15.7. The summed E-state index contributed by atoms with van der Waals surface area (Å²) < 4.78 is 10.6. The number of nitrogens with one attached hydrogen (secondary N) is 2. The van der Waals surface area contributed by atoms with Crippen LogP contribution in [0.2, 0.25) is 0 Å². The molecule has 144 valence electrons. The monoisotopic (exact) mass is 372 g/mol. The Morgan fingerprint density at radius 2 is 1.89 bits per heavy atom.